The lowest BCUT2D eigenvalue weighted by molar-refractivity contribution is -0.0496. The van der Waals surface area contributed by atoms with Gasteiger partial charge in [-0.2, -0.15) is 0 Å². The Kier molecular flexibility index (Phi) is 3.72. The first kappa shape index (κ1) is 14.1. The molecule has 1 saturated carbocycles. The van der Waals surface area contributed by atoms with Gasteiger partial charge in [-0.05, 0) is 43.7 Å². The molecular formula is C17H22N2O2. The zero-order valence-corrected chi connectivity index (χ0v) is 12.6. The highest BCUT2D eigenvalue weighted by atomic mass is 16.5. The van der Waals surface area contributed by atoms with Gasteiger partial charge in [0, 0.05) is 36.7 Å². The van der Waals surface area contributed by atoms with Gasteiger partial charge in [-0.1, -0.05) is 6.07 Å². The number of hydrogen-bond donors (Lipinski definition) is 2. The Morgan fingerprint density at radius 3 is 2.67 bits per heavy atom. The minimum absolute atomic E-state index is 0.274. The van der Waals surface area contributed by atoms with E-state index in [0.29, 0.717) is 11.0 Å². The van der Waals surface area contributed by atoms with E-state index in [1.54, 1.807) is 0 Å². The molecule has 1 spiro atoms. The standard InChI is InChI=1S/C17H22N2O2/c1-12-3-4-16(14(5-6-18-2)15(12)9-20)21-13-7-17(8-13)10-19-11-17/h3-6,9,13,18-19H,7-8,10-11H2,1-2H3/b6-5-. The smallest absolute Gasteiger partial charge is 0.151 e. The van der Waals surface area contributed by atoms with E-state index in [2.05, 4.69) is 10.6 Å². The van der Waals surface area contributed by atoms with Gasteiger partial charge in [0.05, 0.1) is 6.10 Å². The van der Waals surface area contributed by atoms with E-state index in [-0.39, 0.29) is 6.10 Å². The minimum atomic E-state index is 0.274. The van der Waals surface area contributed by atoms with Gasteiger partial charge in [0.25, 0.3) is 0 Å². The van der Waals surface area contributed by atoms with E-state index in [4.69, 9.17) is 4.74 Å². The molecular weight excluding hydrogens is 264 g/mol. The van der Waals surface area contributed by atoms with E-state index in [1.807, 2.05) is 38.4 Å². The second-order valence-corrected chi connectivity index (χ2v) is 6.20. The number of aldehydes is 1. The van der Waals surface area contributed by atoms with Crippen LogP contribution in [-0.2, 0) is 0 Å². The van der Waals surface area contributed by atoms with Crippen molar-refractivity contribution in [2.45, 2.75) is 25.9 Å². The fraction of sp³-hybridized carbons (Fsp3) is 0.471. The molecule has 21 heavy (non-hydrogen) atoms. The van der Waals surface area contributed by atoms with Crippen molar-refractivity contribution >= 4 is 12.4 Å². The van der Waals surface area contributed by atoms with Crippen molar-refractivity contribution in [3.63, 3.8) is 0 Å². The predicted octanol–water partition coefficient (Wildman–Crippen LogP) is 2.13. The van der Waals surface area contributed by atoms with Crippen LogP contribution in [0.2, 0.25) is 0 Å². The molecule has 2 aliphatic rings. The molecule has 1 aromatic rings. The van der Waals surface area contributed by atoms with Gasteiger partial charge >= 0.3 is 0 Å². The maximum atomic E-state index is 11.4. The summed E-state index contributed by atoms with van der Waals surface area (Å²) in [6.07, 6.45) is 7.14. The molecule has 1 aliphatic carbocycles. The highest BCUT2D eigenvalue weighted by Gasteiger charge is 2.49. The number of hydrogen-bond acceptors (Lipinski definition) is 4. The molecule has 4 nitrogen and oxygen atoms in total. The van der Waals surface area contributed by atoms with Crippen LogP contribution in [-0.4, -0.2) is 32.5 Å². The van der Waals surface area contributed by atoms with E-state index in [9.17, 15) is 4.79 Å². The summed E-state index contributed by atoms with van der Waals surface area (Å²) in [5.74, 6) is 0.807. The van der Waals surface area contributed by atoms with Crippen molar-refractivity contribution in [3.8, 4) is 5.75 Å². The second kappa shape index (κ2) is 5.53. The van der Waals surface area contributed by atoms with Gasteiger partial charge in [-0.3, -0.25) is 4.79 Å². The average Bonchev–Trinajstić information content (AvgIpc) is 2.39. The zero-order valence-electron chi connectivity index (χ0n) is 12.6. The van der Waals surface area contributed by atoms with Crippen molar-refractivity contribution in [1.82, 2.24) is 10.6 Å². The van der Waals surface area contributed by atoms with E-state index < -0.39 is 0 Å². The first-order valence-electron chi connectivity index (χ1n) is 7.47. The molecule has 0 atom stereocenters. The third-order valence-corrected chi connectivity index (χ3v) is 4.61. The van der Waals surface area contributed by atoms with Crippen LogP contribution < -0.4 is 15.4 Å². The number of ether oxygens (including phenoxy) is 1. The Labute approximate surface area is 125 Å². The fourth-order valence-electron chi connectivity index (χ4n) is 3.26. The Bertz CT molecular complexity index is 568. The maximum absolute atomic E-state index is 11.4. The molecule has 2 N–H and O–H groups in total. The molecule has 4 heteroatoms. The summed E-state index contributed by atoms with van der Waals surface area (Å²) in [6.45, 7) is 4.18. The molecule has 0 amide bonds. The summed E-state index contributed by atoms with van der Waals surface area (Å²) in [7, 11) is 1.84. The highest BCUT2D eigenvalue weighted by Crippen LogP contribution is 2.46. The van der Waals surface area contributed by atoms with Crippen molar-refractivity contribution in [1.29, 1.82) is 0 Å². The molecule has 112 valence electrons. The summed E-state index contributed by atoms with van der Waals surface area (Å²) in [5, 5.41) is 6.30. The lowest BCUT2D eigenvalue weighted by Gasteiger charge is -2.53. The first-order valence-corrected chi connectivity index (χ1v) is 7.47. The molecule has 0 radical (unpaired) electrons. The average molecular weight is 286 g/mol. The van der Waals surface area contributed by atoms with Gasteiger partial charge in [-0.15, -0.1) is 0 Å². The monoisotopic (exact) mass is 286 g/mol. The Morgan fingerprint density at radius 2 is 2.10 bits per heavy atom. The van der Waals surface area contributed by atoms with Crippen LogP contribution in [0.25, 0.3) is 6.08 Å². The number of carbonyl (C=O) groups excluding carboxylic acids is 1. The molecule has 0 bridgehead atoms. The fourth-order valence-corrected chi connectivity index (χ4v) is 3.26. The van der Waals surface area contributed by atoms with Gasteiger partial charge in [0.1, 0.15) is 5.75 Å². The molecule has 1 heterocycles. The third kappa shape index (κ3) is 2.56. The van der Waals surface area contributed by atoms with Crippen molar-refractivity contribution < 1.29 is 9.53 Å². The summed E-state index contributed by atoms with van der Waals surface area (Å²) < 4.78 is 6.14. The van der Waals surface area contributed by atoms with Crippen LogP contribution in [0.5, 0.6) is 5.75 Å². The number of rotatable bonds is 5. The Balaban J connectivity index is 1.80. The largest absolute Gasteiger partial charge is 0.490 e. The van der Waals surface area contributed by atoms with Gasteiger partial charge in [0.15, 0.2) is 6.29 Å². The van der Waals surface area contributed by atoms with Crippen molar-refractivity contribution in [2.24, 2.45) is 5.41 Å². The lowest BCUT2D eigenvalue weighted by atomic mass is 9.63. The van der Waals surface area contributed by atoms with E-state index in [0.717, 1.165) is 49.1 Å². The lowest BCUT2D eigenvalue weighted by Crippen LogP contribution is -2.62. The molecule has 1 saturated heterocycles. The van der Waals surface area contributed by atoms with Crippen LogP contribution in [0, 0.1) is 12.3 Å². The van der Waals surface area contributed by atoms with Crippen LogP contribution in [0.4, 0.5) is 0 Å². The van der Waals surface area contributed by atoms with Crippen LogP contribution >= 0.6 is 0 Å². The quantitative estimate of drug-likeness (QED) is 0.814. The second-order valence-electron chi connectivity index (χ2n) is 6.20. The van der Waals surface area contributed by atoms with Crippen LogP contribution in [0.15, 0.2) is 18.3 Å². The molecule has 1 aliphatic heterocycles. The summed E-state index contributed by atoms with van der Waals surface area (Å²) in [6, 6.07) is 3.93. The molecule has 0 unspecified atom stereocenters. The number of nitrogens with one attached hydrogen (secondary N) is 2. The third-order valence-electron chi connectivity index (χ3n) is 4.61. The topological polar surface area (TPSA) is 50.4 Å². The highest BCUT2D eigenvalue weighted by molar-refractivity contribution is 5.86. The van der Waals surface area contributed by atoms with Gasteiger partial charge in [0.2, 0.25) is 0 Å². The number of carbonyl (C=O) groups is 1. The van der Waals surface area contributed by atoms with Crippen LogP contribution in [0.1, 0.15) is 34.3 Å². The first-order chi connectivity index (χ1) is 10.2. The summed E-state index contributed by atoms with van der Waals surface area (Å²) in [4.78, 5) is 11.4. The van der Waals surface area contributed by atoms with Crippen LogP contribution in [0.3, 0.4) is 0 Å². The molecule has 3 rings (SSSR count). The summed E-state index contributed by atoms with van der Waals surface area (Å²) >= 11 is 0. The van der Waals surface area contributed by atoms with Crippen molar-refractivity contribution in [3.05, 3.63) is 35.0 Å². The molecule has 2 fully saturated rings. The molecule has 1 aromatic carbocycles. The summed E-state index contributed by atoms with van der Waals surface area (Å²) in [5.41, 5.74) is 3.04. The Morgan fingerprint density at radius 1 is 1.33 bits per heavy atom. The Hall–Kier alpha value is -1.81. The SMILES string of the molecule is CN/C=C\c1c(OC2CC3(CNC3)C2)ccc(C)c1C=O. The zero-order chi connectivity index (χ0) is 14.9. The predicted molar refractivity (Wildman–Crippen MR) is 83.6 cm³/mol. The number of aryl methyl sites for hydroxylation is 1. The number of benzene rings is 1. The van der Waals surface area contributed by atoms with Gasteiger partial charge in [-0.25, -0.2) is 0 Å². The maximum Gasteiger partial charge on any atom is 0.151 e. The van der Waals surface area contributed by atoms with E-state index >= 15 is 0 Å². The van der Waals surface area contributed by atoms with Gasteiger partial charge < -0.3 is 15.4 Å². The van der Waals surface area contributed by atoms with Crippen molar-refractivity contribution in [2.75, 3.05) is 20.1 Å². The minimum Gasteiger partial charge on any atom is -0.490 e. The normalized spacial score (nSPS) is 20.1. The van der Waals surface area contributed by atoms with E-state index in [1.165, 1.54) is 0 Å². The molecule has 0 aromatic heterocycles.